The van der Waals surface area contributed by atoms with E-state index < -0.39 is 0 Å². The molecular formula is C11H25N3O. The van der Waals surface area contributed by atoms with Gasteiger partial charge in [-0.2, -0.15) is 0 Å². The Bertz CT molecular complexity index is 183. The zero-order valence-corrected chi connectivity index (χ0v) is 10.4. The second kappa shape index (κ2) is 7.65. The number of amides is 1. The Hall–Kier alpha value is -0.610. The molecule has 0 radical (unpaired) electrons. The van der Waals surface area contributed by atoms with E-state index in [-0.39, 0.29) is 11.9 Å². The number of carbonyl (C=O) groups is 1. The summed E-state index contributed by atoms with van der Waals surface area (Å²) >= 11 is 0. The predicted octanol–water partition coefficient (Wildman–Crippen LogP) is 0.570. The van der Waals surface area contributed by atoms with Crippen LogP contribution < -0.4 is 11.1 Å². The largest absolute Gasteiger partial charge is 0.353 e. The van der Waals surface area contributed by atoms with Crippen molar-refractivity contribution in [3.05, 3.63) is 0 Å². The Morgan fingerprint density at radius 2 is 2.07 bits per heavy atom. The summed E-state index contributed by atoms with van der Waals surface area (Å²) in [5.74, 6) is -0.0333. The van der Waals surface area contributed by atoms with Crippen molar-refractivity contribution in [2.75, 3.05) is 20.1 Å². The van der Waals surface area contributed by atoms with Crippen LogP contribution >= 0.6 is 0 Å². The van der Waals surface area contributed by atoms with E-state index in [1.54, 1.807) is 0 Å². The van der Waals surface area contributed by atoms with E-state index >= 15 is 0 Å². The number of nitrogens with one attached hydrogen (secondary N) is 1. The fourth-order valence-corrected chi connectivity index (χ4v) is 1.19. The monoisotopic (exact) mass is 215 g/mol. The van der Waals surface area contributed by atoms with Crippen molar-refractivity contribution in [1.82, 2.24) is 10.2 Å². The molecule has 1 amide bonds. The van der Waals surface area contributed by atoms with Crippen LogP contribution in [-0.2, 0) is 4.79 Å². The first kappa shape index (κ1) is 14.4. The summed E-state index contributed by atoms with van der Waals surface area (Å²) in [4.78, 5) is 13.6. The third kappa shape index (κ3) is 6.47. The highest BCUT2D eigenvalue weighted by Gasteiger charge is 2.11. The SMILES string of the molecule is CCCC(N)C(=O)NCCN(C)C(C)C. The van der Waals surface area contributed by atoms with Gasteiger partial charge < -0.3 is 16.0 Å². The molecule has 4 nitrogen and oxygen atoms in total. The Morgan fingerprint density at radius 1 is 1.47 bits per heavy atom. The molecule has 0 bridgehead atoms. The standard InChI is InChI=1S/C11H25N3O/c1-5-6-10(12)11(15)13-7-8-14(4)9(2)3/h9-10H,5-8,12H2,1-4H3,(H,13,15). The third-order valence-corrected chi connectivity index (χ3v) is 2.58. The van der Waals surface area contributed by atoms with Crippen molar-refractivity contribution >= 4 is 5.91 Å². The first-order valence-electron chi connectivity index (χ1n) is 5.72. The Morgan fingerprint density at radius 3 is 2.53 bits per heavy atom. The van der Waals surface area contributed by atoms with Crippen LogP contribution in [-0.4, -0.2) is 43.0 Å². The van der Waals surface area contributed by atoms with Gasteiger partial charge in [0.2, 0.25) is 5.91 Å². The summed E-state index contributed by atoms with van der Waals surface area (Å²) in [6.45, 7) is 7.82. The van der Waals surface area contributed by atoms with Crippen molar-refractivity contribution in [1.29, 1.82) is 0 Å². The lowest BCUT2D eigenvalue weighted by Crippen LogP contribution is -2.43. The molecule has 0 aromatic rings. The highest BCUT2D eigenvalue weighted by atomic mass is 16.2. The van der Waals surface area contributed by atoms with Gasteiger partial charge >= 0.3 is 0 Å². The molecule has 1 atom stereocenters. The van der Waals surface area contributed by atoms with Gasteiger partial charge in [0.25, 0.3) is 0 Å². The molecule has 0 aromatic heterocycles. The number of nitrogens with zero attached hydrogens (tertiary/aromatic N) is 1. The number of hydrogen-bond acceptors (Lipinski definition) is 3. The number of carbonyl (C=O) groups excluding carboxylic acids is 1. The van der Waals surface area contributed by atoms with E-state index in [0.717, 1.165) is 19.4 Å². The minimum Gasteiger partial charge on any atom is -0.353 e. The molecule has 0 aliphatic heterocycles. The first-order valence-corrected chi connectivity index (χ1v) is 5.72. The summed E-state index contributed by atoms with van der Waals surface area (Å²) in [6, 6.07) is 0.158. The van der Waals surface area contributed by atoms with Crippen molar-refractivity contribution in [2.24, 2.45) is 5.73 Å². The maximum atomic E-state index is 11.4. The average molecular weight is 215 g/mol. The number of hydrogen-bond donors (Lipinski definition) is 2. The average Bonchev–Trinajstić information content (AvgIpc) is 2.17. The second-order valence-corrected chi connectivity index (χ2v) is 4.26. The zero-order chi connectivity index (χ0) is 11.8. The third-order valence-electron chi connectivity index (χ3n) is 2.58. The van der Waals surface area contributed by atoms with Gasteiger partial charge in [0.05, 0.1) is 6.04 Å². The van der Waals surface area contributed by atoms with Gasteiger partial charge in [0.1, 0.15) is 0 Å². The van der Waals surface area contributed by atoms with E-state index in [1.165, 1.54) is 0 Å². The van der Waals surface area contributed by atoms with Crippen LogP contribution in [0.5, 0.6) is 0 Å². The van der Waals surface area contributed by atoms with E-state index in [9.17, 15) is 4.79 Å². The van der Waals surface area contributed by atoms with Crippen LogP contribution in [0.25, 0.3) is 0 Å². The Labute approximate surface area is 93.2 Å². The molecular weight excluding hydrogens is 190 g/mol. The number of rotatable bonds is 7. The van der Waals surface area contributed by atoms with Gasteiger partial charge in [-0.1, -0.05) is 13.3 Å². The van der Waals surface area contributed by atoms with Crippen molar-refractivity contribution in [2.45, 2.75) is 45.7 Å². The van der Waals surface area contributed by atoms with Gasteiger partial charge in [-0.25, -0.2) is 0 Å². The molecule has 0 spiro atoms. The van der Waals surface area contributed by atoms with Crippen LogP contribution in [0.3, 0.4) is 0 Å². The summed E-state index contributed by atoms with van der Waals surface area (Å²) in [5.41, 5.74) is 5.68. The second-order valence-electron chi connectivity index (χ2n) is 4.26. The number of likely N-dealkylation sites (N-methyl/N-ethyl adjacent to an activating group) is 1. The van der Waals surface area contributed by atoms with Crippen LogP contribution in [0, 0.1) is 0 Å². The fraction of sp³-hybridized carbons (Fsp3) is 0.909. The van der Waals surface area contributed by atoms with E-state index in [1.807, 2.05) is 14.0 Å². The van der Waals surface area contributed by atoms with Gasteiger partial charge in [0, 0.05) is 19.1 Å². The lowest BCUT2D eigenvalue weighted by Gasteiger charge is -2.21. The highest BCUT2D eigenvalue weighted by Crippen LogP contribution is 1.94. The van der Waals surface area contributed by atoms with Crippen LogP contribution in [0.1, 0.15) is 33.6 Å². The lowest BCUT2D eigenvalue weighted by atomic mass is 10.2. The number of nitrogens with two attached hydrogens (primary N) is 1. The van der Waals surface area contributed by atoms with Crippen molar-refractivity contribution < 1.29 is 4.79 Å². The molecule has 0 fully saturated rings. The Balaban J connectivity index is 3.63. The normalized spacial score (nSPS) is 13.3. The minimum absolute atomic E-state index is 0.0333. The van der Waals surface area contributed by atoms with Crippen LogP contribution in [0.2, 0.25) is 0 Å². The maximum Gasteiger partial charge on any atom is 0.236 e. The van der Waals surface area contributed by atoms with Crippen molar-refractivity contribution in [3.8, 4) is 0 Å². The van der Waals surface area contributed by atoms with Crippen LogP contribution in [0.15, 0.2) is 0 Å². The molecule has 0 saturated carbocycles. The summed E-state index contributed by atoms with van der Waals surface area (Å²) in [6.07, 6.45) is 1.70. The molecule has 0 aliphatic carbocycles. The molecule has 90 valence electrons. The molecule has 0 aromatic carbocycles. The Kier molecular flexibility index (Phi) is 7.34. The van der Waals surface area contributed by atoms with E-state index in [4.69, 9.17) is 5.73 Å². The summed E-state index contributed by atoms with van der Waals surface area (Å²) in [5, 5.41) is 2.85. The molecule has 3 N–H and O–H groups in total. The van der Waals surface area contributed by atoms with Crippen LogP contribution in [0.4, 0.5) is 0 Å². The quantitative estimate of drug-likeness (QED) is 0.653. The van der Waals surface area contributed by atoms with E-state index in [0.29, 0.717) is 12.6 Å². The zero-order valence-electron chi connectivity index (χ0n) is 10.4. The molecule has 1 unspecified atom stereocenters. The maximum absolute atomic E-state index is 11.4. The molecule has 15 heavy (non-hydrogen) atoms. The summed E-state index contributed by atoms with van der Waals surface area (Å²) < 4.78 is 0. The molecule has 0 heterocycles. The summed E-state index contributed by atoms with van der Waals surface area (Å²) in [7, 11) is 2.04. The first-order chi connectivity index (χ1) is 6.99. The molecule has 0 rings (SSSR count). The molecule has 0 saturated heterocycles. The van der Waals surface area contributed by atoms with E-state index in [2.05, 4.69) is 24.1 Å². The minimum atomic E-state index is -0.348. The van der Waals surface area contributed by atoms with Gasteiger partial charge in [-0.3, -0.25) is 4.79 Å². The highest BCUT2D eigenvalue weighted by molar-refractivity contribution is 5.81. The molecule has 0 aliphatic rings. The fourth-order valence-electron chi connectivity index (χ4n) is 1.19. The predicted molar refractivity (Wildman–Crippen MR) is 63.7 cm³/mol. The smallest absolute Gasteiger partial charge is 0.236 e. The van der Waals surface area contributed by atoms with Crippen molar-refractivity contribution in [3.63, 3.8) is 0 Å². The van der Waals surface area contributed by atoms with Gasteiger partial charge in [-0.05, 0) is 27.3 Å². The van der Waals surface area contributed by atoms with Gasteiger partial charge in [-0.15, -0.1) is 0 Å². The van der Waals surface area contributed by atoms with Gasteiger partial charge in [0.15, 0.2) is 0 Å². The lowest BCUT2D eigenvalue weighted by molar-refractivity contribution is -0.122. The molecule has 4 heteroatoms. The topological polar surface area (TPSA) is 58.4 Å².